The quantitative estimate of drug-likeness (QED) is 0.407. The molecule has 0 bridgehead atoms. The van der Waals surface area contributed by atoms with E-state index >= 15 is 0 Å². The van der Waals surface area contributed by atoms with Crippen LogP contribution in [0.15, 0.2) is 50.7 Å². The minimum absolute atomic E-state index is 0.0654. The first kappa shape index (κ1) is 15.1. The van der Waals surface area contributed by atoms with Crippen LogP contribution >= 0.6 is 11.3 Å². The molecule has 0 aliphatic rings. The van der Waals surface area contributed by atoms with Crippen LogP contribution < -0.4 is 5.56 Å². The van der Waals surface area contributed by atoms with Crippen LogP contribution in [-0.2, 0) is 6.54 Å². The van der Waals surface area contributed by atoms with Crippen molar-refractivity contribution in [1.82, 2.24) is 19.7 Å². The average Bonchev–Trinajstić information content (AvgIpc) is 3.28. The van der Waals surface area contributed by atoms with Gasteiger partial charge in [-0.05, 0) is 17.5 Å². The largest absolute Gasteiger partial charge is 0.337 e. The Balaban J connectivity index is 1.68. The minimum atomic E-state index is -0.531. The molecule has 9 nitrogen and oxygen atoms in total. The number of aromatic nitrogens is 4. The first-order valence-electron chi connectivity index (χ1n) is 7.10. The zero-order chi connectivity index (χ0) is 17.4. The second kappa shape index (κ2) is 5.91. The summed E-state index contributed by atoms with van der Waals surface area (Å²) < 4.78 is 6.50. The number of fused-ring (bicyclic) bond motifs is 1. The van der Waals surface area contributed by atoms with Gasteiger partial charge in [0.1, 0.15) is 6.54 Å². The maximum atomic E-state index is 12.5. The van der Waals surface area contributed by atoms with Crippen LogP contribution in [0.1, 0.15) is 5.89 Å². The third kappa shape index (κ3) is 2.78. The van der Waals surface area contributed by atoms with E-state index in [0.29, 0.717) is 5.82 Å². The predicted octanol–water partition coefficient (Wildman–Crippen LogP) is 2.46. The molecule has 0 radical (unpaired) electrons. The third-order valence-electron chi connectivity index (χ3n) is 3.57. The second-order valence-corrected chi connectivity index (χ2v) is 5.94. The van der Waals surface area contributed by atoms with Gasteiger partial charge in [0.25, 0.3) is 11.2 Å². The smallest absolute Gasteiger partial charge is 0.271 e. The fourth-order valence-corrected chi connectivity index (χ4v) is 2.98. The van der Waals surface area contributed by atoms with E-state index in [2.05, 4.69) is 15.1 Å². The lowest BCUT2D eigenvalue weighted by Crippen LogP contribution is -2.21. The molecule has 3 aromatic heterocycles. The van der Waals surface area contributed by atoms with E-state index in [1.54, 1.807) is 0 Å². The zero-order valence-corrected chi connectivity index (χ0v) is 13.3. The van der Waals surface area contributed by atoms with Gasteiger partial charge in [0.05, 0.1) is 22.2 Å². The fraction of sp³-hybridized carbons (Fsp3) is 0.0667. The van der Waals surface area contributed by atoms with E-state index < -0.39 is 4.92 Å². The summed E-state index contributed by atoms with van der Waals surface area (Å²) in [7, 11) is 0. The number of rotatable bonds is 4. The summed E-state index contributed by atoms with van der Waals surface area (Å²) in [5, 5.41) is 18.8. The van der Waals surface area contributed by atoms with Crippen LogP contribution in [0.4, 0.5) is 5.69 Å². The van der Waals surface area contributed by atoms with Crippen molar-refractivity contribution in [3.05, 3.63) is 67.7 Å². The van der Waals surface area contributed by atoms with Crippen LogP contribution in [-0.4, -0.2) is 24.6 Å². The molecule has 3 heterocycles. The van der Waals surface area contributed by atoms with Crippen molar-refractivity contribution in [2.75, 3.05) is 0 Å². The van der Waals surface area contributed by atoms with E-state index in [0.717, 1.165) is 5.56 Å². The van der Waals surface area contributed by atoms with Gasteiger partial charge in [-0.15, -0.1) is 0 Å². The monoisotopic (exact) mass is 355 g/mol. The van der Waals surface area contributed by atoms with Crippen molar-refractivity contribution in [1.29, 1.82) is 0 Å². The molecule has 10 heteroatoms. The molecular formula is C15H9N5O4S. The second-order valence-electron chi connectivity index (χ2n) is 5.16. The normalized spacial score (nSPS) is 11.0. The van der Waals surface area contributed by atoms with Gasteiger partial charge in [-0.1, -0.05) is 5.16 Å². The first-order valence-corrected chi connectivity index (χ1v) is 8.05. The average molecular weight is 355 g/mol. The molecule has 1 aromatic carbocycles. The highest BCUT2D eigenvalue weighted by Gasteiger charge is 2.13. The summed E-state index contributed by atoms with van der Waals surface area (Å²) in [5.41, 5.74) is 0.654. The topological polar surface area (TPSA) is 117 Å². The summed E-state index contributed by atoms with van der Waals surface area (Å²) in [6.07, 6.45) is 1.31. The standard InChI is InChI=1S/C15H9N5O4S/c21-15-11-2-1-10(20(22)23)5-12(11)16-8-19(15)6-13-17-14(18-24-13)9-3-4-25-7-9/h1-5,7-8H,6H2. The van der Waals surface area contributed by atoms with Crippen molar-refractivity contribution in [3.8, 4) is 11.4 Å². The highest BCUT2D eigenvalue weighted by atomic mass is 32.1. The van der Waals surface area contributed by atoms with Crippen molar-refractivity contribution in [2.45, 2.75) is 6.54 Å². The lowest BCUT2D eigenvalue weighted by atomic mass is 10.2. The van der Waals surface area contributed by atoms with Gasteiger partial charge >= 0.3 is 0 Å². The van der Waals surface area contributed by atoms with Gasteiger partial charge in [-0.25, -0.2) is 4.98 Å². The van der Waals surface area contributed by atoms with Gasteiger partial charge < -0.3 is 4.52 Å². The highest BCUT2D eigenvalue weighted by Crippen LogP contribution is 2.19. The van der Waals surface area contributed by atoms with E-state index in [1.165, 1.54) is 40.4 Å². The van der Waals surface area contributed by atoms with Gasteiger partial charge in [0, 0.05) is 23.1 Å². The fourth-order valence-electron chi connectivity index (χ4n) is 2.35. The molecule has 0 unspecified atom stereocenters. The first-order chi connectivity index (χ1) is 12.1. The number of nitrogens with zero attached hydrogens (tertiary/aromatic N) is 5. The number of benzene rings is 1. The third-order valence-corrected chi connectivity index (χ3v) is 4.26. The van der Waals surface area contributed by atoms with Crippen LogP contribution in [0, 0.1) is 10.1 Å². The predicted molar refractivity (Wildman–Crippen MR) is 89.4 cm³/mol. The molecule has 0 N–H and O–H groups in total. The molecule has 124 valence electrons. The van der Waals surface area contributed by atoms with Crippen molar-refractivity contribution < 1.29 is 9.45 Å². The van der Waals surface area contributed by atoms with Gasteiger partial charge in [-0.2, -0.15) is 16.3 Å². The Morgan fingerprint density at radius 2 is 2.20 bits per heavy atom. The highest BCUT2D eigenvalue weighted by molar-refractivity contribution is 7.08. The van der Waals surface area contributed by atoms with Crippen LogP contribution in [0.5, 0.6) is 0 Å². The SMILES string of the molecule is O=c1c2ccc([N+](=O)[O-])cc2ncn1Cc1nc(-c2ccsc2)no1. The van der Waals surface area contributed by atoms with E-state index in [9.17, 15) is 14.9 Å². The number of nitro groups is 1. The molecule has 0 spiro atoms. The molecule has 25 heavy (non-hydrogen) atoms. The molecule has 0 fully saturated rings. The lowest BCUT2D eigenvalue weighted by Gasteiger charge is -2.03. The summed E-state index contributed by atoms with van der Waals surface area (Å²) in [6.45, 7) is 0.0654. The number of thiophene rings is 1. The summed E-state index contributed by atoms with van der Waals surface area (Å²) in [4.78, 5) is 31.2. The Hall–Kier alpha value is -3.40. The number of non-ortho nitro benzene ring substituents is 1. The number of hydrogen-bond acceptors (Lipinski definition) is 8. The number of hydrogen-bond donors (Lipinski definition) is 0. The maximum absolute atomic E-state index is 12.5. The van der Waals surface area contributed by atoms with Crippen LogP contribution in [0.3, 0.4) is 0 Å². The molecule has 0 saturated carbocycles. The Morgan fingerprint density at radius 1 is 1.32 bits per heavy atom. The van der Waals surface area contributed by atoms with Gasteiger partial charge in [0.2, 0.25) is 11.7 Å². The maximum Gasteiger partial charge on any atom is 0.271 e. The molecule has 4 rings (SSSR count). The minimum Gasteiger partial charge on any atom is -0.337 e. The van der Waals surface area contributed by atoms with E-state index in [-0.39, 0.29) is 34.6 Å². The van der Waals surface area contributed by atoms with Gasteiger partial charge in [0.15, 0.2) is 0 Å². The Morgan fingerprint density at radius 3 is 2.96 bits per heavy atom. The molecule has 0 amide bonds. The lowest BCUT2D eigenvalue weighted by molar-refractivity contribution is -0.384. The summed E-state index contributed by atoms with van der Waals surface area (Å²) >= 11 is 1.52. The van der Waals surface area contributed by atoms with Crippen molar-refractivity contribution in [2.24, 2.45) is 0 Å². The molecular weight excluding hydrogens is 346 g/mol. The molecule has 0 atom stereocenters. The van der Waals surface area contributed by atoms with Crippen LogP contribution in [0.25, 0.3) is 22.3 Å². The van der Waals surface area contributed by atoms with E-state index in [4.69, 9.17) is 4.52 Å². The van der Waals surface area contributed by atoms with E-state index in [1.807, 2.05) is 16.8 Å². The molecule has 0 aliphatic carbocycles. The van der Waals surface area contributed by atoms with Gasteiger partial charge in [-0.3, -0.25) is 19.5 Å². The molecule has 4 aromatic rings. The summed E-state index contributed by atoms with van der Waals surface area (Å²) in [6, 6.07) is 5.80. The zero-order valence-electron chi connectivity index (χ0n) is 12.5. The van der Waals surface area contributed by atoms with Crippen LogP contribution in [0.2, 0.25) is 0 Å². The summed E-state index contributed by atoms with van der Waals surface area (Å²) in [5.74, 6) is 0.722. The molecule has 0 saturated heterocycles. The Bertz CT molecular complexity index is 1130. The Labute approximate surface area is 143 Å². The van der Waals surface area contributed by atoms with Crippen molar-refractivity contribution >= 4 is 27.9 Å². The number of nitro benzene ring substituents is 1. The van der Waals surface area contributed by atoms with Crippen molar-refractivity contribution in [3.63, 3.8) is 0 Å². The molecule has 0 aliphatic heterocycles. The Kier molecular flexibility index (Phi) is 3.58.